The molecule has 102 valence electrons. The lowest BCUT2D eigenvalue weighted by molar-refractivity contribution is -0.176. The second kappa shape index (κ2) is 5.43. The van der Waals surface area contributed by atoms with Crippen LogP contribution in [0.25, 0.3) is 0 Å². The molecular weight excluding hydrogens is 242 g/mol. The molecule has 0 saturated carbocycles. The van der Waals surface area contributed by atoms with Crippen LogP contribution in [0, 0.1) is 5.92 Å². The fraction of sp³-hybridized carbons (Fsp3) is 0.467. The van der Waals surface area contributed by atoms with E-state index < -0.39 is 6.04 Å². The van der Waals surface area contributed by atoms with E-state index in [1.165, 1.54) is 0 Å². The monoisotopic (exact) mass is 261 g/mol. The van der Waals surface area contributed by atoms with Gasteiger partial charge in [0.2, 0.25) is 5.91 Å². The number of carbonyl (C=O) groups excluding carboxylic acids is 2. The zero-order chi connectivity index (χ0) is 14.0. The van der Waals surface area contributed by atoms with Crippen molar-refractivity contribution in [3.8, 4) is 0 Å². The molecule has 0 bridgehead atoms. The Morgan fingerprint density at radius 1 is 1.37 bits per heavy atom. The van der Waals surface area contributed by atoms with E-state index in [2.05, 4.69) is 0 Å². The summed E-state index contributed by atoms with van der Waals surface area (Å²) >= 11 is 0. The number of rotatable bonds is 4. The Labute approximate surface area is 113 Å². The van der Waals surface area contributed by atoms with Gasteiger partial charge in [-0.2, -0.15) is 0 Å². The van der Waals surface area contributed by atoms with Crippen LogP contribution in [0.2, 0.25) is 0 Å². The zero-order valence-electron chi connectivity index (χ0n) is 11.5. The first-order valence-electron chi connectivity index (χ1n) is 6.61. The molecule has 1 amide bonds. The van der Waals surface area contributed by atoms with Gasteiger partial charge in [0.05, 0.1) is 18.6 Å². The summed E-state index contributed by atoms with van der Waals surface area (Å²) in [4.78, 5) is 25.5. The van der Waals surface area contributed by atoms with Gasteiger partial charge in [-0.25, -0.2) is 4.79 Å². The number of amides is 1. The van der Waals surface area contributed by atoms with E-state index in [4.69, 9.17) is 4.74 Å². The van der Waals surface area contributed by atoms with Crippen molar-refractivity contribution in [3.05, 3.63) is 35.9 Å². The van der Waals surface area contributed by atoms with Crippen LogP contribution >= 0.6 is 0 Å². The van der Waals surface area contributed by atoms with Crippen molar-refractivity contribution in [2.45, 2.75) is 32.9 Å². The number of β-lactam (4-membered cyclic amide) rings is 1. The molecule has 0 aliphatic carbocycles. The Morgan fingerprint density at radius 3 is 2.58 bits per heavy atom. The molecule has 1 aliphatic rings. The molecule has 1 aromatic carbocycles. The molecule has 1 unspecified atom stereocenters. The van der Waals surface area contributed by atoms with Crippen molar-refractivity contribution >= 4 is 11.9 Å². The number of likely N-dealkylation sites (tertiary alicyclic amines) is 1. The lowest BCUT2D eigenvalue weighted by Crippen LogP contribution is -2.64. The largest absolute Gasteiger partial charge is 0.464 e. The number of hydrogen-bond donors (Lipinski definition) is 0. The minimum Gasteiger partial charge on any atom is -0.464 e. The van der Waals surface area contributed by atoms with Gasteiger partial charge in [0.15, 0.2) is 0 Å². The lowest BCUT2D eigenvalue weighted by atomic mass is 9.86. The summed E-state index contributed by atoms with van der Waals surface area (Å²) in [7, 11) is 0. The van der Waals surface area contributed by atoms with Crippen LogP contribution in [0.3, 0.4) is 0 Å². The van der Waals surface area contributed by atoms with E-state index in [0.717, 1.165) is 5.56 Å². The van der Waals surface area contributed by atoms with Gasteiger partial charge in [0.25, 0.3) is 0 Å². The number of esters is 1. The van der Waals surface area contributed by atoms with Gasteiger partial charge < -0.3 is 9.64 Å². The van der Waals surface area contributed by atoms with E-state index in [1.54, 1.807) is 18.7 Å². The maximum atomic E-state index is 12.0. The van der Waals surface area contributed by atoms with Crippen molar-refractivity contribution < 1.29 is 14.3 Å². The highest BCUT2D eigenvalue weighted by Gasteiger charge is 2.51. The molecule has 1 saturated heterocycles. The summed E-state index contributed by atoms with van der Waals surface area (Å²) in [5.41, 5.74) is 1.03. The van der Waals surface area contributed by atoms with Crippen LogP contribution in [0.5, 0.6) is 0 Å². The topological polar surface area (TPSA) is 46.6 Å². The fourth-order valence-corrected chi connectivity index (χ4v) is 2.54. The first-order chi connectivity index (χ1) is 9.07. The van der Waals surface area contributed by atoms with Crippen molar-refractivity contribution in [3.63, 3.8) is 0 Å². The number of hydrogen-bond acceptors (Lipinski definition) is 3. The molecule has 19 heavy (non-hydrogen) atoms. The Balaban J connectivity index is 2.18. The normalized spacial score (nSPS) is 23.7. The molecule has 1 aromatic rings. The van der Waals surface area contributed by atoms with Gasteiger partial charge in [0, 0.05) is 0 Å². The van der Waals surface area contributed by atoms with Gasteiger partial charge >= 0.3 is 5.97 Å². The predicted octanol–water partition coefficient (Wildman–Crippen LogP) is 2.16. The highest BCUT2D eigenvalue weighted by Crippen LogP contribution is 2.35. The second-order valence-electron chi connectivity index (χ2n) is 4.82. The van der Waals surface area contributed by atoms with Gasteiger partial charge in [0.1, 0.15) is 6.04 Å². The third-order valence-electron chi connectivity index (χ3n) is 3.64. The minimum atomic E-state index is -0.456. The quantitative estimate of drug-likeness (QED) is 0.616. The SMILES string of the molecule is CCOC(=O)[C@@H]1C(C)C(=O)N1[C@H](C)c1ccccc1. The summed E-state index contributed by atoms with van der Waals surface area (Å²) in [5, 5.41) is 0. The van der Waals surface area contributed by atoms with Crippen LogP contribution in [-0.4, -0.2) is 29.4 Å². The van der Waals surface area contributed by atoms with Crippen LogP contribution in [-0.2, 0) is 14.3 Å². The summed E-state index contributed by atoms with van der Waals surface area (Å²) in [6, 6.07) is 9.14. The third kappa shape index (κ3) is 2.35. The lowest BCUT2D eigenvalue weighted by Gasteiger charge is -2.47. The molecule has 1 fully saturated rings. The molecule has 1 heterocycles. The van der Waals surface area contributed by atoms with Gasteiger partial charge in [-0.1, -0.05) is 37.3 Å². The Kier molecular flexibility index (Phi) is 3.88. The van der Waals surface area contributed by atoms with Gasteiger partial charge in [-0.3, -0.25) is 4.79 Å². The average Bonchev–Trinajstić information content (AvgIpc) is 2.44. The number of benzene rings is 1. The average molecular weight is 261 g/mol. The highest BCUT2D eigenvalue weighted by atomic mass is 16.5. The molecule has 4 heteroatoms. The Morgan fingerprint density at radius 2 is 2.00 bits per heavy atom. The Hall–Kier alpha value is -1.84. The first-order valence-corrected chi connectivity index (χ1v) is 6.61. The first kappa shape index (κ1) is 13.6. The second-order valence-corrected chi connectivity index (χ2v) is 4.82. The molecule has 1 aliphatic heterocycles. The molecule has 4 nitrogen and oxygen atoms in total. The third-order valence-corrected chi connectivity index (χ3v) is 3.64. The number of ether oxygens (including phenoxy) is 1. The molecule has 2 rings (SSSR count). The standard InChI is InChI=1S/C15H19NO3/c1-4-19-15(18)13-10(2)14(17)16(13)11(3)12-8-6-5-7-9-12/h5-11,13H,4H2,1-3H3/t10?,11-,13+/m1/s1. The predicted molar refractivity (Wildman–Crippen MR) is 71.3 cm³/mol. The zero-order valence-corrected chi connectivity index (χ0v) is 11.5. The van der Waals surface area contributed by atoms with Gasteiger partial charge in [-0.15, -0.1) is 0 Å². The number of carbonyl (C=O) groups is 2. The number of nitrogens with zero attached hydrogens (tertiary/aromatic N) is 1. The molecule has 0 aromatic heterocycles. The van der Waals surface area contributed by atoms with E-state index in [0.29, 0.717) is 6.61 Å². The highest BCUT2D eigenvalue weighted by molar-refractivity contribution is 5.97. The molecule has 0 N–H and O–H groups in total. The smallest absolute Gasteiger partial charge is 0.329 e. The van der Waals surface area contributed by atoms with Crippen molar-refractivity contribution in [1.29, 1.82) is 0 Å². The Bertz CT molecular complexity index is 472. The summed E-state index contributed by atoms with van der Waals surface area (Å²) < 4.78 is 5.05. The summed E-state index contributed by atoms with van der Waals surface area (Å²) in [6.45, 7) is 5.82. The fourth-order valence-electron chi connectivity index (χ4n) is 2.54. The maximum absolute atomic E-state index is 12.0. The molecule has 0 spiro atoms. The van der Waals surface area contributed by atoms with E-state index in [-0.39, 0.29) is 23.8 Å². The van der Waals surface area contributed by atoms with E-state index >= 15 is 0 Å². The summed E-state index contributed by atoms with van der Waals surface area (Å²) in [5.74, 6) is -0.586. The van der Waals surface area contributed by atoms with E-state index in [9.17, 15) is 9.59 Å². The minimum absolute atomic E-state index is 0.00871. The van der Waals surface area contributed by atoms with Crippen LogP contribution in [0.1, 0.15) is 32.4 Å². The molecule has 0 radical (unpaired) electrons. The van der Waals surface area contributed by atoms with E-state index in [1.807, 2.05) is 37.3 Å². The van der Waals surface area contributed by atoms with Crippen LogP contribution in [0.4, 0.5) is 0 Å². The van der Waals surface area contributed by atoms with Crippen LogP contribution in [0.15, 0.2) is 30.3 Å². The molecule has 3 atom stereocenters. The van der Waals surface area contributed by atoms with Crippen molar-refractivity contribution in [2.24, 2.45) is 5.92 Å². The summed E-state index contributed by atoms with van der Waals surface area (Å²) in [6.07, 6.45) is 0. The van der Waals surface area contributed by atoms with Crippen molar-refractivity contribution in [2.75, 3.05) is 6.61 Å². The maximum Gasteiger partial charge on any atom is 0.329 e. The van der Waals surface area contributed by atoms with Gasteiger partial charge in [-0.05, 0) is 19.4 Å². The van der Waals surface area contributed by atoms with Crippen molar-refractivity contribution in [1.82, 2.24) is 4.90 Å². The van der Waals surface area contributed by atoms with Crippen LogP contribution < -0.4 is 0 Å². The molecular formula is C15H19NO3.